The van der Waals surface area contributed by atoms with Crippen LogP contribution in [0.15, 0.2) is 0 Å². The molecule has 0 aromatic carbocycles. The van der Waals surface area contributed by atoms with E-state index in [4.69, 9.17) is 18.1 Å². The van der Waals surface area contributed by atoms with Crippen LogP contribution in [-0.4, -0.2) is 70.7 Å². The molecule has 0 N–H and O–H groups in total. The van der Waals surface area contributed by atoms with Gasteiger partial charge >= 0.3 is 0 Å². The third-order valence-electron chi connectivity index (χ3n) is 7.65. The van der Waals surface area contributed by atoms with Gasteiger partial charge in [0, 0.05) is 45.3 Å². The Bertz CT molecular complexity index is 832. The molecule has 0 bridgehead atoms. The average molecular weight is 651 g/mol. The van der Waals surface area contributed by atoms with Crippen LogP contribution in [0.4, 0.5) is 0 Å². The Morgan fingerprint density at radius 3 is 0.675 bits per heavy atom. The van der Waals surface area contributed by atoms with E-state index in [1.165, 1.54) is 0 Å². The van der Waals surface area contributed by atoms with Crippen LogP contribution in [0.1, 0.15) is 111 Å². The largest absolute Gasteiger partial charge is 0.325 e. The van der Waals surface area contributed by atoms with Gasteiger partial charge in [-0.25, -0.2) is 0 Å². The van der Waals surface area contributed by atoms with E-state index < -0.39 is 41.7 Å². The molecule has 0 aliphatic carbocycles. The van der Waals surface area contributed by atoms with Gasteiger partial charge in [0.1, 0.15) is 12.2 Å². The summed E-state index contributed by atoms with van der Waals surface area (Å²) in [6.07, 6.45) is -2.03. The molecule has 2 atom stereocenters. The maximum Gasteiger partial charge on any atom is 0.208 e. The maximum absolute atomic E-state index is 14.2. The lowest BCUT2D eigenvalue weighted by Crippen LogP contribution is -2.40. The van der Waals surface area contributed by atoms with Crippen LogP contribution in [0, 0.1) is 0 Å². The Morgan fingerprint density at radius 1 is 0.350 bits per heavy atom. The Kier molecular flexibility index (Phi) is 16.5. The molecule has 0 fully saturated rings. The minimum atomic E-state index is -3.28. The number of rotatable bonds is 19. The second-order valence-electron chi connectivity index (χ2n) is 13.2. The highest BCUT2D eigenvalue weighted by molar-refractivity contribution is 7.61. The van der Waals surface area contributed by atoms with Crippen LogP contribution in [0.5, 0.6) is 0 Å². The molecular weight excluding hydrogens is 588 g/mol. The first kappa shape index (κ1) is 40.8. The zero-order valence-corrected chi connectivity index (χ0v) is 31.8. The fourth-order valence-corrected chi connectivity index (χ4v) is 13.6. The lowest BCUT2D eigenvalue weighted by molar-refractivity contribution is -0.000439. The van der Waals surface area contributed by atoms with Crippen LogP contribution in [0.25, 0.3) is 0 Å². The van der Waals surface area contributed by atoms with E-state index in [-0.39, 0.29) is 58.5 Å². The number of hydrogen-bond donors (Lipinski definition) is 0. The van der Waals surface area contributed by atoms with Gasteiger partial charge in [0.25, 0.3) is 0 Å². The van der Waals surface area contributed by atoms with E-state index in [9.17, 15) is 18.3 Å². The SMILES string of the molecule is CC(C)P(=O)(OCC(OP(=O)(C(C)C)C(C)C)C(COP(=O)(C(C)C)C(C)C)OP(=O)(C(C)C)C(C)C)C(C)C. The molecule has 0 saturated heterocycles. The van der Waals surface area contributed by atoms with Crippen LogP contribution >= 0.6 is 29.5 Å². The predicted molar refractivity (Wildman–Crippen MR) is 173 cm³/mol. The first-order valence-electron chi connectivity index (χ1n) is 15.0. The second-order valence-corrected chi connectivity index (χ2v) is 27.6. The quantitative estimate of drug-likeness (QED) is 0.127. The summed E-state index contributed by atoms with van der Waals surface area (Å²) in [6, 6.07) is 0. The van der Waals surface area contributed by atoms with Crippen molar-refractivity contribution in [2.45, 2.75) is 168 Å². The Morgan fingerprint density at radius 2 is 0.525 bits per heavy atom. The highest BCUT2D eigenvalue weighted by Gasteiger charge is 2.45. The molecule has 0 saturated carbocycles. The predicted octanol–water partition coefficient (Wildman–Crippen LogP) is 10.2. The normalized spacial score (nSPS) is 16.1. The topological polar surface area (TPSA) is 105 Å². The van der Waals surface area contributed by atoms with E-state index in [1.807, 2.05) is 111 Å². The molecule has 0 radical (unpaired) electrons. The van der Waals surface area contributed by atoms with E-state index in [1.54, 1.807) is 0 Å². The summed E-state index contributed by atoms with van der Waals surface area (Å²) in [5.41, 5.74) is -2.21. The average Bonchev–Trinajstić information content (AvgIpc) is 2.82. The van der Waals surface area contributed by atoms with Crippen molar-refractivity contribution in [3.05, 3.63) is 0 Å². The summed E-state index contributed by atoms with van der Waals surface area (Å²) in [7, 11) is -12.8. The first-order valence-corrected chi connectivity index (χ1v) is 22.0. The van der Waals surface area contributed by atoms with Gasteiger partial charge in [-0.2, -0.15) is 0 Å². The molecular formula is C28H62O8P4. The number of hydrogen-bond acceptors (Lipinski definition) is 8. The molecule has 0 amide bonds. The Balaban J connectivity index is 7.03. The van der Waals surface area contributed by atoms with E-state index in [0.29, 0.717) is 0 Å². The van der Waals surface area contributed by atoms with E-state index >= 15 is 0 Å². The maximum atomic E-state index is 14.2. The lowest BCUT2D eigenvalue weighted by atomic mass is 10.2. The summed E-state index contributed by atoms with van der Waals surface area (Å²) >= 11 is 0. The van der Waals surface area contributed by atoms with Gasteiger partial charge in [-0.1, -0.05) is 111 Å². The van der Waals surface area contributed by atoms with Crippen LogP contribution in [0.2, 0.25) is 0 Å². The molecule has 8 nitrogen and oxygen atoms in total. The Labute approximate surface area is 247 Å². The summed E-state index contributed by atoms with van der Waals surface area (Å²) in [5.74, 6) is 0. The van der Waals surface area contributed by atoms with Gasteiger partial charge in [-0.3, -0.25) is 18.3 Å². The minimum Gasteiger partial charge on any atom is -0.325 e. The molecule has 0 spiro atoms. The molecule has 0 aromatic heterocycles. The third-order valence-corrected chi connectivity index (χ3v) is 21.5. The fraction of sp³-hybridized carbons (Fsp3) is 1.00. The smallest absolute Gasteiger partial charge is 0.208 e. The molecule has 0 aromatic rings. The highest BCUT2D eigenvalue weighted by Crippen LogP contribution is 2.62. The molecule has 2 unspecified atom stereocenters. The second kappa shape index (κ2) is 16.2. The molecule has 242 valence electrons. The van der Waals surface area contributed by atoms with Crippen LogP contribution < -0.4 is 0 Å². The van der Waals surface area contributed by atoms with Gasteiger partial charge in [0.2, 0.25) is 29.5 Å². The fourth-order valence-electron chi connectivity index (χ4n) is 4.68. The molecule has 0 rings (SSSR count). The monoisotopic (exact) mass is 650 g/mol. The van der Waals surface area contributed by atoms with Gasteiger partial charge in [-0.15, -0.1) is 0 Å². The van der Waals surface area contributed by atoms with Crippen molar-refractivity contribution in [2.24, 2.45) is 0 Å². The zero-order chi connectivity index (χ0) is 32.0. The zero-order valence-electron chi connectivity index (χ0n) is 28.2. The van der Waals surface area contributed by atoms with Crippen LogP contribution in [0.3, 0.4) is 0 Å². The molecule has 0 aliphatic rings. The first-order chi connectivity index (χ1) is 17.9. The van der Waals surface area contributed by atoms with E-state index in [0.717, 1.165) is 0 Å². The summed E-state index contributed by atoms with van der Waals surface area (Å²) < 4.78 is 81.4. The minimum absolute atomic E-state index is 0.186. The molecule has 40 heavy (non-hydrogen) atoms. The van der Waals surface area contributed by atoms with Crippen LogP contribution in [-0.2, 0) is 36.4 Å². The van der Waals surface area contributed by atoms with Crippen molar-refractivity contribution in [2.75, 3.05) is 13.2 Å². The van der Waals surface area contributed by atoms with Gasteiger partial charge in [-0.05, 0) is 0 Å². The molecule has 0 aliphatic heterocycles. The molecule has 12 heteroatoms. The van der Waals surface area contributed by atoms with Crippen molar-refractivity contribution < 1.29 is 36.4 Å². The van der Waals surface area contributed by atoms with Gasteiger partial charge in [0.05, 0.1) is 13.2 Å². The Hall–Kier alpha value is 0.760. The van der Waals surface area contributed by atoms with Crippen molar-refractivity contribution in [3.63, 3.8) is 0 Å². The van der Waals surface area contributed by atoms with Crippen molar-refractivity contribution in [1.29, 1.82) is 0 Å². The summed E-state index contributed by atoms with van der Waals surface area (Å²) in [4.78, 5) is 0. The van der Waals surface area contributed by atoms with Crippen molar-refractivity contribution in [3.8, 4) is 0 Å². The van der Waals surface area contributed by atoms with Gasteiger partial charge in [0.15, 0.2) is 0 Å². The molecule has 0 heterocycles. The standard InChI is InChI=1S/C28H62O8P4/c1-19(2)37(29,20(3)4)33-17-27(35-39(31,23(9)10)24(11)12)28(36-40(32,25(13)14)26(15)16)18-34-38(30,21(5)6)22(7)8/h19-28H,17-18H2,1-16H3. The summed E-state index contributed by atoms with van der Waals surface area (Å²) in [6.45, 7) is 29.2. The van der Waals surface area contributed by atoms with Crippen molar-refractivity contribution >= 4 is 29.5 Å². The van der Waals surface area contributed by atoms with Gasteiger partial charge < -0.3 is 18.1 Å². The van der Waals surface area contributed by atoms with Crippen molar-refractivity contribution in [1.82, 2.24) is 0 Å². The van der Waals surface area contributed by atoms with E-state index in [2.05, 4.69) is 0 Å². The lowest BCUT2D eigenvalue weighted by Gasteiger charge is -2.39. The summed E-state index contributed by atoms with van der Waals surface area (Å²) in [5, 5.41) is 0. The highest BCUT2D eigenvalue weighted by atomic mass is 31.2. The third kappa shape index (κ3) is 9.89.